The highest BCUT2D eigenvalue weighted by Crippen LogP contribution is 2.50. The Morgan fingerprint density at radius 3 is 2.58 bits per heavy atom. The first-order valence-electron chi connectivity index (χ1n) is 11.0. The van der Waals surface area contributed by atoms with Gasteiger partial charge < -0.3 is 14.8 Å². The minimum atomic E-state index is -4.70. The zero-order valence-corrected chi connectivity index (χ0v) is 18.6. The van der Waals surface area contributed by atoms with Gasteiger partial charge >= 0.3 is 12.1 Å². The maximum atomic E-state index is 14.6. The first-order chi connectivity index (χ1) is 17.2. The fraction of sp³-hybridized carbons (Fsp3) is 0.348. The highest BCUT2D eigenvalue weighted by molar-refractivity contribution is 6.03. The van der Waals surface area contributed by atoms with E-state index < -0.39 is 34.8 Å². The van der Waals surface area contributed by atoms with Crippen LogP contribution < -0.4 is 5.32 Å². The number of aromatic nitrogens is 4. The molecular weight excluding hydrogens is 486 g/mol. The SMILES string of the molecule is O=C(O[C@H]1CCOC1)c1ccc(NC(=O)C2(c3ccc(C(F)(F)F)cc3F)CC2)cc1-c1nnn[nH]1. The highest BCUT2D eigenvalue weighted by Gasteiger charge is 2.53. The molecule has 2 aliphatic rings. The number of benzene rings is 2. The number of carbonyl (C=O) groups excluding carboxylic acids is 2. The second kappa shape index (κ2) is 8.97. The van der Waals surface area contributed by atoms with Gasteiger partial charge in [0.25, 0.3) is 0 Å². The molecule has 1 saturated heterocycles. The van der Waals surface area contributed by atoms with Crippen molar-refractivity contribution in [2.75, 3.05) is 18.5 Å². The fourth-order valence-electron chi connectivity index (χ4n) is 4.16. The number of tetrazole rings is 1. The van der Waals surface area contributed by atoms with Gasteiger partial charge in [-0.05, 0) is 53.6 Å². The molecule has 5 rings (SSSR count). The van der Waals surface area contributed by atoms with Crippen LogP contribution in [0.4, 0.5) is 23.2 Å². The van der Waals surface area contributed by atoms with Gasteiger partial charge in [0, 0.05) is 23.2 Å². The lowest BCUT2D eigenvalue weighted by molar-refractivity contribution is -0.137. The average molecular weight is 505 g/mol. The molecule has 1 atom stereocenters. The van der Waals surface area contributed by atoms with Crippen LogP contribution in [-0.2, 0) is 25.9 Å². The molecule has 13 heteroatoms. The van der Waals surface area contributed by atoms with Gasteiger partial charge in [-0.2, -0.15) is 13.2 Å². The molecule has 0 unspecified atom stereocenters. The minimum Gasteiger partial charge on any atom is -0.456 e. The Hall–Kier alpha value is -3.87. The maximum Gasteiger partial charge on any atom is 0.416 e. The van der Waals surface area contributed by atoms with E-state index in [0.29, 0.717) is 25.7 Å². The van der Waals surface area contributed by atoms with Crippen LogP contribution in [0, 0.1) is 5.82 Å². The number of hydrogen-bond acceptors (Lipinski definition) is 7. The van der Waals surface area contributed by atoms with Crippen molar-refractivity contribution in [2.24, 2.45) is 0 Å². The third-order valence-corrected chi connectivity index (χ3v) is 6.26. The van der Waals surface area contributed by atoms with Gasteiger partial charge in [0.05, 0.1) is 29.8 Å². The molecular formula is C23H19F4N5O4. The number of aromatic amines is 1. The van der Waals surface area contributed by atoms with Gasteiger partial charge in [-0.15, -0.1) is 5.10 Å². The van der Waals surface area contributed by atoms with E-state index in [4.69, 9.17) is 9.47 Å². The monoisotopic (exact) mass is 505 g/mol. The molecule has 0 bridgehead atoms. The lowest BCUT2D eigenvalue weighted by atomic mass is 9.93. The molecule has 1 aromatic heterocycles. The third kappa shape index (κ3) is 4.53. The molecule has 0 radical (unpaired) electrons. The Morgan fingerprint density at radius 2 is 1.97 bits per heavy atom. The van der Waals surface area contributed by atoms with Gasteiger partial charge in [-0.3, -0.25) is 4.79 Å². The number of anilines is 1. The Balaban J connectivity index is 1.40. The molecule has 0 spiro atoms. The van der Waals surface area contributed by atoms with E-state index >= 15 is 0 Å². The van der Waals surface area contributed by atoms with E-state index in [9.17, 15) is 27.2 Å². The first kappa shape index (κ1) is 23.9. The van der Waals surface area contributed by atoms with Crippen LogP contribution in [0.15, 0.2) is 36.4 Å². The van der Waals surface area contributed by atoms with E-state index in [1.165, 1.54) is 18.2 Å². The van der Waals surface area contributed by atoms with Crippen molar-refractivity contribution in [3.8, 4) is 11.4 Å². The van der Waals surface area contributed by atoms with Crippen molar-refractivity contribution in [3.05, 3.63) is 58.9 Å². The molecule has 1 amide bonds. The average Bonchev–Trinajstić information content (AvgIpc) is 3.20. The van der Waals surface area contributed by atoms with Crippen LogP contribution in [0.3, 0.4) is 0 Å². The summed E-state index contributed by atoms with van der Waals surface area (Å²) in [5, 5.41) is 16.1. The minimum absolute atomic E-state index is 0.105. The summed E-state index contributed by atoms with van der Waals surface area (Å²) < 4.78 is 64.0. The summed E-state index contributed by atoms with van der Waals surface area (Å²) in [7, 11) is 0. The van der Waals surface area contributed by atoms with E-state index in [-0.39, 0.29) is 47.1 Å². The standard InChI is InChI=1S/C23H19F4N5O4/c24-18-9-12(23(25,26)27)1-4-17(18)22(6-7-22)21(34)28-13-2-3-15(16(10-13)19-29-31-32-30-19)20(33)36-14-5-8-35-11-14/h1-4,9-10,14H,5-8,11H2,(H,28,34)(H,29,30,31,32)/t14-/m0/s1. The Bertz CT molecular complexity index is 1300. The van der Waals surface area contributed by atoms with E-state index in [0.717, 1.165) is 12.1 Å². The lowest BCUT2D eigenvalue weighted by Gasteiger charge is -2.18. The van der Waals surface area contributed by atoms with E-state index in [1.807, 2.05) is 0 Å². The van der Waals surface area contributed by atoms with Crippen LogP contribution >= 0.6 is 0 Å². The number of amides is 1. The van der Waals surface area contributed by atoms with Gasteiger partial charge in [0.15, 0.2) is 5.82 Å². The Kier molecular flexibility index (Phi) is 5.94. The molecule has 1 aliphatic heterocycles. The van der Waals surface area contributed by atoms with Crippen molar-refractivity contribution < 1.29 is 36.6 Å². The largest absolute Gasteiger partial charge is 0.456 e. The molecule has 2 fully saturated rings. The topological polar surface area (TPSA) is 119 Å². The lowest BCUT2D eigenvalue weighted by Crippen LogP contribution is -2.29. The summed E-state index contributed by atoms with van der Waals surface area (Å²) in [6, 6.07) is 6.52. The van der Waals surface area contributed by atoms with Crippen molar-refractivity contribution in [3.63, 3.8) is 0 Å². The van der Waals surface area contributed by atoms with Crippen LogP contribution in [0.25, 0.3) is 11.4 Å². The maximum absolute atomic E-state index is 14.6. The second-order valence-corrected chi connectivity index (χ2v) is 8.63. The molecule has 2 heterocycles. The van der Waals surface area contributed by atoms with Gasteiger partial charge in [0.1, 0.15) is 11.9 Å². The molecule has 2 aromatic carbocycles. The molecule has 36 heavy (non-hydrogen) atoms. The number of alkyl halides is 3. The van der Waals surface area contributed by atoms with Crippen LogP contribution in [0.1, 0.15) is 40.7 Å². The number of esters is 1. The molecule has 188 valence electrons. The van der Waals surface area contributed by atoms with E-state index in [1.54, 1.807) is 0 Å². The Labute approximate surface area is 201 Å². The summed E-state index contributed by atoms with van der Waals surface area (Å²) in [6.45, 7) is 0.782. The van der Waals surface area contributed by atoms with Gasteiger partial charge in [0.2, 0.25) is 5.91 Å². The number of rotatable bonds is 6. The van der Waals surface area contributed by atoms with E-state index in [2.05, 4.69) is 25.9 Å². The van der Waals surface area contributed by atoms with Gasteiger partial charge in [-0.25, -0.2) is 14.3 Å². The van der Waals surface area contributed by atoms with Crippen molar-refractivity contribution in [1.82, 2.24) is 20.6 Å². The third-order valence-electron chi connectivity index (χ3n) is 6.26. The number of H-pyrrole nitrogens is 1. The highest BCUT2D eigenvalue weighted by atomic mass is 19.4. The number of nitrogens with one attached hydrogen (secondary N) is 2. The number of nitrogens with zero attached hydrogens (tertiary/aromatic N) is 3. The predicted octanol–water partition coefficient (Wildman–Crippen LogP) is 3.64. The normalized spacial score (nSPS) is 18.6. The van der Waals surface area contributed by atoms with Crippen molar-refractivity contribution in [2.45, 2.75) is 37.0 Å². The quantitative estimate of drug-likeness (QED) is 0.388. The zero-order chi connectivity index (χ0) is 25.5. The second-order valence-electron chi connectivity index (χ2n) is 8.63. The van der Waals surface area contributed by atoms with Crippen molar-refractivity contribution in [1.29, 1.82) is 0 Å². The smallest absolute Gasteiger partial charge is 0.416 e. The molecule has 9 nitrogen and oxygen atoms in total. The zero-order valence-electron chi connectivity index (χ0n) is 18.6. The Morgan fingerprint density at radius 1 is 1.17 bits per heavy atom. The summed E-state index contributed by atoms with van der Waals surface area (Å²) in [4.78, 5) is 25.9. The number of hydrogen-bond donors (Lipinski definition) is 2. The summed E-state index contributed by atoms with van der Waals surface area (Å²) in [6.07, 6.45) is -3.97. The van der Waals surface area contributed by atoms with Crippen LogP contribution in [0.2, 0.25) is 0 Å². The van der Waals surface area contributed by atoms with Crippen molar-refractivity contribution >= 4 is 17.6 Å². The van der Waals surface area contributed by atoms with Crippen LogP contribution in [0.5, 0.6) is 0 Å². The predicted molar refractivity (Wildman–Crippen MR) is 115 cm³/mol. The summed E-state index contributed by atoms with van der Waals surface area (Å²) in [5.41, 5.74) is -1.86. The number of carbonyl (C=O) groups is 2. The fourth-order valence-corrected chi connectivity index (χ4v) is 4.16. The summed E-state index contributed by atoms with van der Waals surface area (Å²) >= 11 is 0. The molecule has 3 aromatic rings. The number of halogens is 4. The molecule has 1 saturated carbocycles. The molecule has 1 aliphatic carbocycles. The first-order valence-corrected chi connectivity index (χ1v) is 11.0. The van der Waals surface area contributed by atoms with Crippen LogP contribution in [-0.4, -0.2) is 51.8 Å². The molecule has 2 N–H and O–H groups in total. The summed E-state index contributed by atoms with van der Waals surface area (Å²) in [5.74, 6) is -2.16. The number of ether oxygens (including phenoxy) is 2. The van der Waals surface area contributed by atoms with Gasteiger partial charge in [-0.1, -0.05) is 6.07 Å².